The van der Waals surface area contributed by atoms with Crippen LogP contribution in [0.15, 0.2) is 53.6 Å². The van der Waals surface area contributed by atoms with E-state index in [1.54, 1.807) is 36.0 Å². The number of nitrogens with one attached hydrogen (secondary N) is 1. The highest BCUT2D eigenvalue weighted by Gasteiger charge is 2.40. The van der Waals surface area contributed by atoms with Crippen LogP contribution >= 0.6 is 11.8 Å². The lowest BCUT2D eigenvalue weighted by Crippen LogP contribution is -2.52. The number of halogens is 1. The Balaban J connectivity index is 1.05. The highest BCUT2D eigenvalue weighted by atomic mass is 32.2. The second-order valence-corrected chi connectivity index (χ2v) is 12.3. The Hall–Kier alpha value is -4.43. The minimum atomic E-state index is -0.675. The molecular weight excluding hydrogens is 569 g/mol. The molecule has 2 aromatic carbocycles. The van der Waals surface area contributed by atoms with Gasteiger partial charge in [0, 0.05) is 47.1 Å². The van der Waals surface area contributed by atoms with Crippen molar-refractivity contribution in [2.24, 2.45) is 0 Å². The van der Waals surface area contributed by atoms with E-state index in [9.17, 15) is 18.8 Å². The number of benzene rings is 2. The van der Waals surface area contributed by atoms with Gasteiger partial charge in [0.2, 0.25) is 11.8 Å². The van der Waals surface area contributed by atoms with Gasteiger partial charge in [-0.15, -0.1) is 11.8 Å². The molecule has 0 unspecified atom stereocenters. The number of pyridine rings is 1. The van der Waals surface area contributed by atoms with Crippen molar-refractivity contribution in [3.8, 4) is 11.8 Å². The summed E-state index contributed by atoms with van der Waals surface area (Å²) in [5.41, 5.74) is 3.90. The number of nitrogens with zero attached hydrogens (tertiary/aromatic N) is 4. The second kappa shape index (κ2) is 12.1. The van der Waals surface area contributed by atoms with Crippen LogP contribution in [0.3, 0.4) is 0 Å². The lowest BCUT2D eigenvalue weighted by atomic mass is 10.0. The summed E-state index contributed by atoms with van der Waals surface area (Å²) in [6.07, 6.45) is 2.30. The number of hydrogen-bond acceptors (Lipinski definition) is 8. The molecule has 6 rings (SSSR count). The highest BCUT2D eigenvalue weighted by molar-refractivity contribution is 7.99. The van der Waals surface area contributed by atoms with E-state index in [2.05, 4.69) is 5.32 Å². The number of fused-ring (bicyclic) bond motifs is 1. The van der Waals surface area contributed by atoms with Gasteiger partial charge in [-0.3, -0.25) is 19.7 Å². The van der Waals surface area contributed by atoms with E-state index in [0.717, 1.165) is 47.8 Å². The van der Waals surface area contributed by atoms with Crippen LogP contribution in [0.5, 0.6) is 5.75 Å². The predicted molar refractivity (Wildman–Crippen MR) is 158 cm³/mol. The zero-order valence-corrected chi connectivity index (χ0v) is 24.5. The van der Waals surface area contributed by atoms with Gasteiger partial charge in [0.05, 0.1) is 28.9 Å². The predicted octanol–water partition coefficient (Wildman–Crippen LogP) is 4.50. The molecule has 11 heteroatoms. The normalized spacial score (nSPS) is 18.8. The van der Waals surface area contributed by atoms with Crippen LogP contribution in [0.4, 0.5) is 10.1 Å². The van der Waals surface area contributed by atoms with Crippen molar-refractivity contribution in [1.29, 1.82) is 5.26 Å². The van der Waals surface area contributed by atoms with Gasteiger partial charge in [0.15, 0.2) is 0 Å². The number of anilines is 1. The summed E-state index contributed by atoms with van der Waals surface area (Å²) in [6.45, 7) is 3.94. The number of aryl methyl sites for hydroxylation is 1. The number of hydrogen-bond donors (Lipinski definition) is 1. The standard InChI is InChI=1S/C32H30FN5O4S/c1-19-21(6-10-30(35-19)43-22-11-13-37(14-12-22)26-7-5-20(16-34)15-25(26)33)18-42-28-4-2-3-23-24(28)17-38(32(23)41)27-8-9-29(39)36-31(27)40/h2-7,10,15,22,27H,8-9,11-14,17-18H2,1H3,(H,36,39,40)/t27-/m1/s1. The number of aromatic nitrogens is 1. The Labute approximate surface area is 253 Å². The molecule has 1 N–H and O–H groups in total. The van der Waals surface area contributed by atoms with Crippen molar-refractivity contribution in [1.82, 2.24) is 15.2 Å². The van der Waals surface area contributed by atoms with E-state index in [4.69, 9.17) is 15.0 Å². The van der Waals surface area contributed by atoms with E-state index in [0.29, 0.717) is 34.2 Å². The number of piperidine rings is 2. The third-order valence-corrected chi connectivity index (χ3v) is 9.51. The van der Waals surface area contributed by atoms with Gasteiger partial charge in [-0.1, -0.05) is 12.1 Å². The molecular formula is C32H30FN5O4S. The summed E-state index contributed by atoms with van der Waals surface area (Å²) in [6, 6.07) is 15.3. The first-order chi connectivity index (χ1) is 20.8. The Bertz CT molecular complexity index is 1650. The molecule has 220 valence electrons. The molecule has 3 amide bonds. The summed E-state index contributed by atoms with van der Waals surface area (Å²) >= 11 is 1.73. The molecule has 3 aliphatic rings. The van der Waals surface area contributed by atoms with Crippen molar-refractivity contribution in [3.05, 3.63) is 82.3 Å². The molecule has 0 bridgehead atoms. The van der Waals surface area contributed by atoms with Crippen LogP contribution in [0.25, 0.3) is 0 Å². The number of imide groups is 1. The Morgan fingerprint density at radius 1 is 1.12 bits per heavy atom. The fraction of sp³-hybridized carbons (Fsp3) is 0.344. The van der Waals surface area contributed by atoms with Crippen molar-refractivity contribution >= 4 is 35.2 Å². The van der Waals surface area contributed by atoms with Crippen LogP contribution in [-0.2, 0) is 22.7 Å². The maximum Gasteiger partial charge on any atom is 0.255 e. The van der Waals surface area contributed by atoms with Gasteiger partial charge in [-0.2, -0.15) is 5.26 Å². The van der Waals surface area contributed by atoms with Crippen LogP contribution in [-0.4, -0.2) is 52.0 Å². The van der Waals surface area contributed by atoms with E-state index in [-0.39, 0.29) is 37.2 Å². The van der Waals surface area contributed by atoms with E-state index >= 15 is 0 Å². The maximum atomic E-state index is 14.5. The summed E-state index contributed by atoms with van der Waals surface area (Å²) in [5, 5.41) is 12.6. The fourth-order valence-electron chi connectivity index (χ4n) is 5.85. The molecule has 0 spiro atoms. The Morgan fingerprint density at radius 3 is 2.65 bits per heavy atom. The zero-order valence-electron chi connectivity index (χ0n) is 23.6. The summed E-state index contributed by atoms with van der Waals surface area (Å²) in [4.78, 5) is 45.4. The van der Waals surface area contributed by atoms with Crippen LogP contribution in [0.2, 0.25) is 0 Å². The van der Waals surface area contributed by atoms with Crippen molar-refractivity contribution in [2.75, 3.05) is 18.0 Å². The summed E-state index contributed by atoms with van der Waals surface area (Å²) < 4.78 is 20.6. The Kier molecular flexibility index (Phi) is 8.04. The van der Waals surface area contributed by atoms with Crippen LogP contribution in [0.1, 0.15) is 58.4 Å². The number of thioether (sulfide) groups is 1. The molecule has 0 saturated carbocycles. The van der Waals surface area contributed by atoms with Gasteiger partial charge in [0.1, 0.15) is 24.2 Å². The molecule has 0 aliphatic carbocycles. The Morgan fingerprint density at radius 2 is 1.93 bits per heavy atom. The van der Waals surface area contributed by atoms with Gasteiger partial charge in [-0.25, -0.2) is 9.37 Å². The number of amides is 3. The molecule has 1 aromatic heterocycles. The smallest absolute Gasteiger partial charge is 0.255 e. The minimum absolute atomic E-state index is 0.207. The quantitative estimate of drug-likeness (QED) is 0.395. The SMILES string of the molecule is Cc1nc(SC2CCN(c3ccc(C#N)cc3F)CC2)ccc1COc1cccc2c1CN([C@@H]1CCC(=O)NC1=O)C2=O. The first-order valence-electron chi connectivity index (χ1n) is 14.3. The molecule has 3 aromatic rings. The monoisotopic (exact) mass is 599 g/mol. The molecule has 2 saturated heterocycles. The van der Waals surface area contributed by atoms with Crippen molar-refractivity contribution < 1.29 is 23.5 Å². The topological polar surface area (TPSA) is 116 Å². The van der Waals surface area contributed by atoms with Gasteiger partial charge in [-0.05, 0) is 62.6 Å². The van der Waals surface area contributed by atoms with Crippen molar-refractivity contribution in [2.45, 2.75) is 62.1 Å². The molecule has 2 fully saturated rings. The highest BCUT2D eigenvalue weighted by Crippen LogP contribution is 2.35. The molecule has 1 atom stereocenters. The van der Waals surface area contributed by atoms with E-state index in [1.165, 1.54) is 11.0 Å². The van der Waals surface area contributed by atoms with Gasteiger partial charge < -0.3 is 14.5 Å². The number of nitriles is 1. The number of rotatable bonds is 7. The first kappa shape index (κ1) is 28.7. The number of ether oxygens (including phenoxy) is 1. The molecule has 9 nitrogen and oxygen atoms in total. The fourth-order valence-corrected chi connectivity index (χ4v) is 6.98. The number of carbonyl (C=O) groups is 3. The summed E-state index contributed by atoms with van der Waals surface area (Å²) in [5.74, 6) is -0.764. The summed E-state index contributed by atoms with van der Waals surface area (Å²) in [7, 11) is 0. The van der Waals surface area contributed by atoms with E-state index in [1.807, 2.05) is 36.1 Å². The van der Waals surface area contributed by atoms with Gasteiger partial charge in [0.25, 0.3) is 5.91 Å². The van der Waals surface area contributed by atoms with E-state index < -0.39 is 11.9 Å². The molecule has 4 heterocycles. The number of carbonyl (C=O) groups excluding carboxylic acids is 3. The van der Waals surface area contributed by atoms with Crippen LogP contribution in [0, 0.1) is 24.1 Å². The molecule has 0 radical (unpaired) electrons. The first-order valence-corrected chi connectivity index (χ1v) is 15.2. The third kappa shape index (κ3) is 5.92. The largest absolute Gasteiger partial charge is 0.488 e. The average Bonchev–Trinajstić information content (AvgIpc) is 3.33. The minimum Gasteiger partial charge on any atom is -0.488 e. The van der Waals surface area contributed by atoms with Crippen LogP contribution < -0.4 is 15.0 Å². The van der Waals surface area contributed by atoms with Gasteiger partial charge >= 0.3 is 0 Å². The lowest BCUT2D eigenvalue weighted by molar-refractivity contribution is -0.136. The molecule has 3 aliphatic heterocycles. The van der Waals surface area contributed by atoms with Crippen molar-refractivity contribution in [3.63, 3.8) is 0 Å². The maximum absolute atomic E-state index is 14.5. The second-order valence-electron chi connectivity index (χ2n) is 10.9. The zero-order chi connectivity index (χ0) is 30.1. The third-order valence-electron chi connectivity index (χ3n) is 8.24. The lowest BCUT2D eigenvalue weighted by Gasteiger charge is -2.33. The molecule has 43 heavy (non-hydrogen) atoms. The average molecular weight is 600 g/mol.